The van der Waals surface area contributed by atoms with Gasteiger partial charge in [0, 0.05) is 28.1 Å². The summed E-state index contributed by atoms with van der Waals surface area (Å²) in [5.41, 5.74) is 6.39. The summed E-state index contributed by atoms with van der Waals surface area (Å²) in [6, 6.07) is 19.4. The molecule has 9 heteroatoms. The van der Waals surface area contributed by atoms with Crippen molar-refractivity contribution < 1.29 is 4.79 Å². The van der Waals surface area contributed by atoms with Crippen LogP contribution in [0.3, 0.4) is 0 Å². The number of aryl methyl sites for hydroxylation is 1. The zero-order valence-electron chi connectivity index (χ0n) is 17.1. The smallest absolute Gasteiger partial charge is 0.250 e. The van der Waals surface area contributed by atoms with Crippen molar-refractivity contribution in [3.05, 3.63) is 88.7 Å². The maximum Gasteiger partial charge on any atom is 0.250 e. The van der Waals surface area contributed by atoms with E-state index in [9.17, 15) is 4.79 Å². The normalized spacial score (nSPS) is 11.1. The Bertz CT molecular complexity index is 1240. The van der Waals surface area contributed by atoms with Crippen molar-refractivity contribution in [2.45, 2.75) is 12.1 Å². The third kappa shape index (κ3) is 5.30. The van der Waals surface area contributed by atoms with Crippen molar-refractivity contribution in [3.63, 3.8) is 0 Å². The number of rotatable bonds is 7. The third-order valence-electron chi connectivity index (χ3n) is 4.57. The number of hydrogen-bond acceptors (Lipinski definition) is 6. The summed E-state index contributed by atoms with van der Waals surface area (Å²) in [4.78, 5) is 16.4. The number of benzene rings is 2. The van der Waals surface area contributed by atoms with E-state index in [1.54, 1.807) is 18.6 Å². The Morgan fingerprint density at radius 1 is 1.09 bits per heavy atom. The van der Waals surface area contributed by atoms with Crippen LogP contribution in [0.2, 0.25) is 0 Å². The molecule has 7 nitrogen and oxygen atoms in total. The highest BCUT2D eigenvalue weighted by atomic mass is 79.9. The van der Waals surface area contributed by atoms with Crippen LogP contribution in [0.4, 0.5) is 0 Å². The lowest BCUT2D eigenvalue weighted by Gasteiger charge is -2.10. The number of nitrogens with one attached hydrogen (secondary N) is 1. The summed E-state index contributed by atoms with van der Waals surface area (Å²) in [6.07, 6.45) is 5.06. The second kappa shape index (κ2) is 10.3. The Kier molecular flexibility index (Phi) is 7.08. The van der Waals surface area contributed by atoms with Crippen molar-refractivity contribution in [1.29, 1.82) is 0 Å². The molecule has 0 aliphatic heterocycles. The number of carbonyl (C=O) groups is 1. The molecular formula is C23H19BrN6OS. The summed E-state index contributed by atoms with van der Waals surface area (Å²) in [5.74, 6) is 0.599. The van der Waals surface area contributed by atoms with Crippen molar-refractivity contribution in [2.75, 3.05) is 5.75 Å². The minimum atomic E-state index is -0.226. The van der Waals surface area contributed by atoms with Crippen molar-refractivity contribution in [3.8, 4) is 17.1 Å². The Balaban J connectivity index is 1.51. The molecule has 32 heavy (non-hydrogen) atoms. The lowest BCUT2D eigenvalue weighted by atomic mass is 10.1. The third-order valence-corrected chi connectivity index (χ3v) is 6.03. The predicted molar refractivity (Wildman–Crippen MR) is 130 cm³/mol. The summed E-state index contributed by atoms with van der Waals surface area (Å²) in [7, 11) is 0. The first-order valence-electron chi connectivity index (χ1n) is 9.74. The fraction of sp³-hybridized carbons (Fsp3) is 0.0870. The molecule has 0 saturated carbocycles. The summed E-state index contributed by atoms with van der Waals surface area (Å²) in [5, 5.41) is 13.4. The van der Waals surface area contributed by atoms with Gasteiger partial charge >= 0.3 is 0 Å². The molecule has 4 rings (SSSR count). The molecule has 1 N–H and O–H groups in total. The zero-order valence-corrected chi connectivity index (χ0v) is 19.5. The second-order valence-electron chi connectivity index (χ2n) is 6.79. The second-order valence-corrected chi connectivity index (χ2v) is 8.65. The number of hydrogen-bond donors (Lipinski definition) is 1. The van der Waals surface area contributed by atoms with Crippen LogP contribution < -0.4 is 5.43 Å². The Hall–Kier alpha value is -3.30. The van der Waals surface area contributed by atoms with Gasteiger partial charge in [0.2, 0.25) is 0 Å². The number of nitrogens with zero attached hydrogens (tertiary/aromatic N) is 5. The van der Waals surface area contributed by atoms with Crippen molar-refractivity contribution >= 4 is 39.8 Å². The number of aromatic nitrogens is 4. The fourth-order valence-electron chi connectivity index (χ4n) is 2.94. The molecule has 0 bridgehead atoms. The number of halogens is 1. The van der Waals surface area contributed by atoms with Crippen LogP contribution in [0, 0.1) is 6.92 Å². The number of carbonyl (C=O) groups excluding carboxylic acids is 1. The van der Waals surface area contributed by atoms with E-state index in [2.05, 4.69) is 41.6 Å². The van der Waals surface area contributed by atoms with Gasteiger partial charge in [0.05, 0.1) is 12.0 Å². The molecule has 0 aliphatic rings. The van der Waals surface area contributed by atoms with Gasteiger partial charge in [-0.3, -0.25) is 14.3 Å². The molecule has 0 fully saturated rings. The predicted octanol–water partition coefficient (Wildman–Crippen LogP) is 4.64. The van der Waals surface area contributed by atoms with Crippen LogP contribution >= 0.6 is 27.7 Å². The molecule has 0 unspecified atom stereocenters. The molecule has 0 aliphatic carbocycles. The van der Waals surface area contributed by atoms with Crippen LogP contribution in [0.5, 0.6) is 0 Å². The van der Waals surface area contributed by atoms with Gasteiger partial charge in [-0.1, -0.05) is 52.0 Å². The Labute approximate surface area is 198 Å². The first kappa shape index (κ1) is 21.9. The summed E-state index contributed by atoms with van der Waals surface area (Å²) < 4.78 is 2.90. The molecule has 2 aromatic heterocycles. The summed E-state index contributed by atoms with van der Waals surface area (Å²) >= 11 is 4.76. The molecule has 2 aromatic carbocycles. The van der Waals surface area contributed by atoms with E-state index in [0.29, 0.717) is 11.0 Å². The van der Waals surface area contributed by atoms with E-state index in [4.69, 9.17) is 0 Å². The van der Waals surface area contributed by atoms with E-state index in [1.165, 1.54) is 11.8 Å². The topological polar surface area (TPSA) is 85.1 Å². The molecule has 0 atom stereocenters. The number of pyridine rings is 1. The largest absolute Gasteiger partial charge is 0.272 e. The fourth-order valence-corrected chi connectivity index (χ4v) is 3.95. The Morgan fingerprint density at radius 3 is 2.59 bits per heavy atom. The van der Waals surface area contributed by atoms with Gasteiger partial charge in [-0.05, 0) is 54.4 Å². The maximum absolute atomic E-state index is 12.3. The quantitative estimate of drug-likeness (QED) is 0.224. The van der Waals surface area contributed by atoms with Crippen LogP contribution in [-0.2, 0) is 4.79 Å². The monoisotopic (exact) mass is 506 g/mol. The molecule has 2 heterocycles. The van der Waals surface area contributed by atoms with Gasteiger partial charge in [-0.15, -0.1) is 10.2 Å². The van der Waals surface area contributed by atoms with Gasteiger partial charge < -0.3 is 0 Å². The standard InChI is InChI=1S/C23H19BrN6OS/c1-16-4-2-3-5-18(16)14-26-27-21(31)15-32-23-29-28-22(17-10-12-25-13-11-17)30(23)20-8-6-19(24)7-9-20/h2-14H,15H2,1H3,(H,27,31). The van der Waals surface area contributed by atoms with E-state index in [1.807, 2.05) is 72.2 Å². The van der Waals surface area contributed by atoms with Gasteiger partial charge in [0.15, 0.2) is 11.0 Å². The lowest BCUT2D eigenvalue weighted by molar-refractivity contribution is -0.118. The van der Waals surface area contributed by atoms with Gasteiger partial charge in [-0.2, -0.15) is 5.10 Å². The lowest BCUT2D eigenvalue weighted by Crippen LogP contribution is -2.20. The highest BCUT2D eigenvalue weighted by Gasteiger charge is 2.17. The van der Waals surface area contributed by atoms with E-state index in [-0.39, 0.29) is 11.7 Å². The molecule has 0 spiro atoms. The molecule has 0 radical (unpaired) electrons. The van der Waals surface area contributed by atoms with Crippen LogP contribution in [0.1, 0.15) is 11.1 Å². The van der Waals surface area contributed by atoms with Gasteiger partial charge in [0.25, 0.3) is 5.91 Å². The number of amides is 1. The molecule has 4 aromatic rings. The minimum absolute atomic E-state index is 0.149. The van der Waals surface area contributed by atoms with Crippen LogP contribution in [0.25, 0.3) is 17.1 Å². The first-order chi connectivity index (χ1) is 15.6. The van der Waals surface area contributed by atoms with E-state index in [0.717, 1.165) is 26.9 Å². The maximum atomic E-state index is 12.3. The minimum Gasteiger partial charge on any atom is -0.272 e. The molecule has 1 amide bonds. The SMILES string of the molecule is Cc1ccccc1C=NNC(=O)CSc1nnc(-c2ccncc2)n1-c1ccc(Br)cc1. The highest BCUT2D eigenvalue weighted by molar-refractivity contribution is 9.10. The average molecular weight is 507 g/mol. The van der Waals surface area contributed by atoms with Gasteiger partial charge in [0.1, 0.15) is 0 Å². The zero-order chi connectivity index (χ0) is 22.3. The average Bonchev–Trinajstić information content (AvgIpc) is 3.24. The van der Waals surface area contributed by atoms with E-state index >= 15 is 0 Å². The molecule has 0 saturated heterocycles. The number of hydrazone groups is 1. The van der Waals surface area contributed by atoms with Crippen LogP contribution in [0.15, 0.2) is 87.8 Å². The summed E-state index contributed by atoms with van der Waals surface area (Å²) in [6.45, 7) is 1.99. The van der Waals surface area contributed by atoms with Gasteiger partial charge in [-0.25, -0.2) is 5.43 Å². The highest BCUT2D eigenvalue weighted by Crippen LogP contribution is 2.28. The Morgan fingerprint density at radius 2 is 1.84 bits per heavy atom. The molecule has 160 valence electrons. The molecular weight excluding hydrogens is 488 g/mol. The van der Waals surface area contributed by atoms with Crippen molar-refractivity contribution in [2.24, 2.45) is 5.10 Å². The number of thioether (sulfide) groups is 1. The van der Waals surface area contributed by atoms with Crippen LogP contribution in [-0.4, -0.2) is 37.6 Å². The van der Waals surface area contributed by atoms with E-state index < -0.39 is 0 Å². The van der Waals surface area contributed by atoms with Crippen molar-refractivity contribution in [1.82, 2.24) is 25.2 Å². The first-order valence-corrected chi connectivity index (χ1v) is 11.5.